The SMILES string of the molecule is O=C(O)N1CCN(C(=O)Cn2c(-c3ccc(Cl)cc3)nc3cccnc32)CC1. The number of fused-ring (bicyclic) bond motifs is 1. The second-order valence-electron chi connectivity index (χ2n) is 6.52. The van der Waals surface area contributed by atoms with Gasteiger partial charge < -0.3 is 14.9 Å². The highest BCUT2D eigenvalue weighted by molar-refractivity contribution is 6.30. The highest BCUT2D eigenvalue weighted by Crippen LogP contribution is 2.25. The number of carbonyl (C=O) groups excluding carboxylic acids is 1. The molecule has 0 radical (unpaired) electrons. The van der Waals surface area contributed by atoms with Gasteiger partial charge in [-0.05, 0) is 36.4 Å². The number of rotatable bonds is 3. The van der Waals surface area contributed by atoms with Crippen molar-refractivity contribution in [1.82, 2.24) is 24.3 Å². The molecule has 1 aromatic carbocycles. The molecule has 0 saturated carbocycles. The first kappa shape index (κ1) is 18.2. The van der Waals surface area contributed by atoms with Gasteiger partial charge in [0.15, 0.2) is 5.65 Å². The van der Waals surface area contributed by atoms with Crippen LogP contribution in [0.1, 0.15) is 0 Å². The van der Waals surface area contributed by atoms with E-state index in [1.807, 2.05) is 18.2 Å². The van der Waals surface area contributed by atoms with Gasteiger partial charge >= 0.3 is 6.09 Å². The van der Waals surface area contributed by atoms with Crippen molar-refractivity contribution in [2.24, 2.45) is 0 Å². The van der Waals surface area contributed by atoms with E-state index in [4.69, 9.17) is 16.7 Å². The summed E-state index contributed by atoms with van der Waals surface area (Å²) in [5, 5.41) is 9.69. The Morgan fingerprint density at radius 1 is 1.04 bits per heavy atom. The number of hydrogen-bond acceptors (Lipinski definition) is 4. The number of halogens is 1. The number of imidazole rings is 1. The van der Waals surface area contributed by atoms with Gasteiger partial charge in [0.1, 0.15) is 17.9 Å². The second kappa shape index (κ2) is 7.47. The second-order valence-corrected chi connectivity index (χ2v) is 6.96. The topological polar surface area (TPSA) is 91.6 Å². The van der Waals surface area contributed by atoms with Crippen LogP contribution in [0.2, 0.25) is 5.02 Å². The molecule has 0 atom stereocenters. The van der Waals surface area contributed by atoms with E-state index in [2.05, 4.69) is 9.97 Å². The number of aromatic nitrogens is 3. The van der Waals surface area contributed by atoms with Crippen molar-refractivity contribution in [3.05, 3.63) is 47.6 Å². The Balaban J connectivity index is 1.62. The fourth-order valence-electron chi connectivity index (χ4n) is 3.31. The lowest BCUT2D eigenvalue weighted by molar-refractivity contribution is -0.133. The van der Waals surface area contributed by atoms with Gasteiger partial charge in [-0.2, -0.15) is 0 Å². The molecule has 2 amide bonds. The van der Waals surface area contributed by atoms with Crippen LogP contribution in [-0.4, -0.2) is 67.6 Å². The average molecular weight is 400 g/mol. The van der Waals surface area contributed by atoms with Crippen molar-refractivity contribution in [3.63, 3.8) is 0 Å². The predicted octanol–water partition coefficient (Wildman–Crippen LogP) is 2.57. The fourth-order valence-corrected chi connectivity index (χ4v) is 3.44. The molecule has 1 N–H and O–H groups in total. The number of carboxylic acid groups (broad SMARTS) is 1. The number of nitrogens with zero attached hydrogens (tertiary/aromatic N) is 5. The lowest BCUT2D eigenvalue weighted by Crippen LogP contribution is -2.51. The summed E-state index contributed by atoms with van der Waals surface area (Å²) in [5.41, 5.74) is 2.17. The van der Waals surface area contributed by atoms with Gasteiger partial charge in [0.05, 0.1) is 0 Å². The molecule has 3 heterocycles. The smallest absolute Gasteiger partial charge is 0.407 e. The van der Waals surface area contributed by atoms with E-state index in [0.717, 1.165) is 5.56 Å². The van der Waals surface area contributed by atoms with Gasteiger partial charge in [0.25, 0.3) is 0 Å². The molecule has 1 fully saturated rings. The number of hydrogen-bond donors (Lipinski definition) is 1. The molecule has 0 aliphatic carbocycles. The van der Waals surface area contributed by atoms with Crippen LogP contribution in [0, 0.1) is 0 Å². The Kier molecular flexibility index (Phi) is 4.87. The first-order chi connectivity index (χ1) is 13.5. The van der Waals surface area contributed by atoms with Crippen LogP contribution in [0.25, 0.3) is 22.6 Å². The Bertz CT molecular complexity index is 1030. The van der Waals surface area contributed by atoms with Crippen LogP contribution < -0.4 is 0 Å². The summed E-state index contributed by atoms with van der Waals surface area (Å²) >= 11 is 5.99. The van der Waals surface area contributed by atoms with Gasteiger partial charge in [-0.3, -0.25) is 9.36 Å². The summed E-state index contributed by atoms with van der Waals surface area (Å²) in [6, 6.07) is 10.9. The maximum Gasteiger partial charge on any atom is 0.407 e. The van der Waals surface area contributed by atoms with E-state index in [1.165, 1.54) is 4.90 Å². The standard InChI is InChI=1S/C19H18ClN5O3/c20-14-5-3-13(4-6-14)17-22-15-2-1-7-21-18(15)25(17)12-16(26)23-8-10-24(11-9-23)19(27)28/h1-7H,8-12H2,(H,27,28). The van der Waals surface area contributed by atoms with E-state index in [-0.39, 0.29) is 12.5 Å². The zero-order valence-electron chi connectivity index (χ0n) is 15.0. The molecular formula is C19H18ClN5O3. The first-order valence-electron chi connectivity index (χ1n) is 8.86. The van der Waals surface area contributed by atoms with Crippen LogP contribution in [-0.2, 0) is 11.3 Å². The minimum atomic E-state index is -0.957. The number of pyridine rings is 1. The largest absolute Gasteiger partial charge is 0.465 e. The Morgan fingerprint density at radius 2 is 1.71 bits per heavy atom. The first-order valence-corrected chi connectivity index (χ1v) is 9.23. The van der Waals surface area contributed by atoms with Gasteiger partial charge in [-0.25, -0.2) is 14.8 Å². The molecule has 1 saturated heterocycles. The Hall–Kier alpha value is -3.13. The molecule has 1 aliphatic heterocycles. The normalized spacial score (nSPS) is 14.5. The third-order valence-electron chi connectivity index (χ3n) is 4.80. The summed E-state index contributed by atoms with van der Waals surface area (Å²) in [5.74, 6) is 0.549. The highest BCUT2D eigenvalue weighted by atomic mass is 35.5. The summed E-state index contributed by atoms with van der Waals surface area (Å²) in [6.07, 6.45) is 0.712. The average Bonchev–Trinajstić information content (AvgIpc) is 3.07. The summed E-state index contributed by atoms with van der Waals surface area (Å²) < 4.78 is 1.80. The van der Waals surface area contributed by atoms with E-state index >= 15 is 0 Å². The molecule has 9 heteroatoms. The molecule has 144 valence electrons. The molecule has 0 bridgehead atoms. The molecule has 8 nitrogen and oxygen atoms in total. The maximum absolute atomic E-state index is 12.9. The third-order valence-corrected chi connectivity index (χ3v) is 5.05. The third kappa shape index (κ3) is 3.50. The lowest BCUT2D eigenvalue weighted by atomic mass is 10.2. The zero-order chi connectivity index (χ0) is 19.7. The number of benzene rings is 1. The maximum atomic E-state index is 12.9. The van der Waals surface area contributed by atoms with Crippen LogP contribution in [0.5, 0.6) is 0 Å². The van der Waals surface area contributed by atoms with Crippen molar-refractivity contribution in [3.8, 4) is 11.4 Å². The monoisotopic (exact) mass is 399 g/mol. The molecule has 4 rings (SSSR count). The molecule has 3 aromatic rings. The van der Waals surface area contributed by atoms with Crippen molar-refractivity contribution in [2.75, 3.05) is 26.2 Å². The zero-order valence-corrected chi connectivity index (χ0v) is 15.7. The van der Waals surface area contributed by atoms with Crippen LogP contribution in [0.15, 0.2) is 42.6 Å². The summed E-state index contributed by atoms with van der Waals surface area (Å²) in [6.45, 7) is 1.46. The van der Waals surface area contributed by atoms with Crippen molar-refractivity contribution in [1.29, 1.82) is 0 Å². The van der Waals surface area contributed by atoms with Crippen LogP contribution in [0.3, 0.4) is 0 Å². The highest BCUT2D eigenvalue weighted by Gasteiger charge is 2.25. The van der Waals surface area contributed by atoms with E-state index < -0.39 is 6.09 Å². The molecule has 1 aliphatic rings. The molecule has 2 aromatic heterocycles. The van der Waals surface area contributed by atoms with Gasteiger partial charge in [0.2, 0.25) is 5.91 Å². The van der Waals surface area contributed by atoms with Crippen molar-refractivity contribution < 1.29 is 14.7 Å². The summed E-state index contributed by atoms with van der Waals surface area (Å²) in [4.78, 5) is 36.0. The predicted molar refractivity (Wildman–Crippen MR) is 104 cm³/mol. The minimum Gasteiger partial charge on any atom is -0.465 e. The molecular weight excluding hydrogens is 382 g/mol. The number of carbonyl (C=O) groups is 2. The van der Waals surface area contributed by atoms with E-state index in [9.17, 15) is 9.59 Å². The van der Waals surface area contributed by atoms with Crippen LogP contribution in [0.4, 0.5) is 4.79 Å². The number of piperazine rings is 1. The van der Waals surface area contributed by atoms with E-state index in [1.54, 1.807) is 33.9 Å². The minimum absolute atomic E-state index is 0.0819. The van der Waals surface area contributed by atoms with Gasteiger partial charge in [0, 0.05) is 43.0 Å². The quantitative estimate of drug-likeness (QED) is 0.730. The fraction of sp³-hybridized carbons (Fsp3) is 0.263. The van der Waals surface area contributed by atoms with Gasteiger partial charge in [-0.1, -0.05) is 11.6 Å². The van der Waals surface area contributed by atoms with Gasteiger partial charge in [-0.15, -0.1) is 0 Å². The molecule has 0 unspecified atom stereocenters. The lowest BCUT2D eigenvalue weighted by Gasteiger charge is -2.33. The van der Waals surface area contributed by atoms with Crippen molar-refractivity contribution in [2.45, 2.75) is 6.54 Å². The molecule has 0 spiro atoms. The Labute approximate surface area is 166 Å². The summed E-state index contributed by atoms with van der Waals surface area (Å²) in [7, 11) is 0. The Morgan fingerprint density at radius 3 is 2.39 bits per heavy atom. The molecule has 28 heavy (non-hydrogen) atoms. The van der Waals surface area contributed by atoms with Crippen molar-refractivity contribution >= 4 is 34.8 Å². The van der Waals surface area contributed by atoms with Crippen LogP contribution >= 0.6 is 11.6 Å². The van der Waals surface area contributed by atoms with E-state index in [0.29, 0.717) is 48.2 Å². The number of amides is 2.